The number of anilines is 1. The van der Waals surface area contributed by atoms with Gasteiger partial charge in [-0.05, 0) is 37.6 Å². The third-order valence-electron chi connectivity index (χ3n) is 7.45. The van der Waals surface area contributed by atoms with Crippen molar-refractivity contribution < 1.29 is 19.5 Å². The summed E-state index contributed by atoms with van der Waals surface area (Å²) in [5.41, 5.74) is 0.702. The Hall–Kier alpha value is -2.29. The first-order chi connectivity index (χ1) is 16.2. The summed E-state index contributed by atoms with van der Waals surface area (Å²) in [4.78, 5) is 46.6. The van der Waals surface area contributed by atoms with Gasteiger partial charge in [-0.15, -0.1) is 11.8 Å². The lowest BCUT2D eigenvalue weighted by molar-refractivity contribution is -0.143. The van der Waals surface area contributed by atoms with Gasteiger partial charge in [0.05, 0.1) is 16.6 Å². The Bertz CT molecular complexity index is 1090. The Morgan fingerprint density at radius 2 is 1.74 bits per heavy atom. The maximum Gasteiger partial charge on any atom is 0.251 e. The van der Waals surface area contributed by atoms with E-state index in [0.717, 1.165) is 0 Å². The molecule has 1 aromatic carbocycles. The zero-order valence-corrected chi connectivity index (χ0v) is 20.8. The maximum atomic E-state index is 14.2. The molecule has 0 saturated carbocycles. The summed E-state index contributed by atoms with van der Waals surface area (Å²) in [5.74, 6) is -1.67. The van der Waals surface area contributed by atoms with Crippen LogP contribution in [-0.2, 0) is 14.4 Å². The molecule has 1 spiro atoms. The van der Waals surface area contributed by atoms with Crippen LogP contribution in [0.4, 0.5) is 5.69 Å². The highest BCUT2D eigenvalue weighted by Crippen LogP contribution is 2.65. The number of aliphatic hydroxyl groups excluding tert-OH is 1. The van der Waals surface area contributed by atoms with Crippen molar-refractivity contribution in [1.29, 1.82) is 0 Å². The van der Waals surface area contributed by atoms with Crippen LogP contribution in [-0.4, -0.2) is 81.5 Å². The molecule has 4 aliphatic heterocycles. The average Bonchev–Trinajstić information content (AvgIpc) is 3.08. The van der Waals surface area contributed by atoms with Crippen LogP contribution in [0.3, 0.4) is 0 Å². The van der Waals surface area contributed by atoms with Crippen LogP contribution in [0.15, 0.2) is 48.6 Å². The number of hydrogen-bond donors (Lipinski definition) is 1. The van der Waals surface area contributed by atoms with Gasteiger partial charge in [0, 0.05) is 48.7 Å². The van der Waals surface area contributed by atoms with Crippen LogP contribution in [0.25, 0.3) is 0 Å². The second-order valence-electron chi connectivity index (χ2n) is 9.55. The van der Waals surface area contributed by atoms with E-state index >= 15 is 0 Å². The molecule has 180 valence electrons. The van der Waals surface area contributed by atoms with Crippen LogP contribution in [0.2, 0.25) is 5.02 Å². The first kappa shape index (κ1) is 23.5. The van der Waals surface area contributed by atoms with E-state index in [1.165, 1.54) is 0 Å². The van der Waals surface area contributed by atoms with Gasteiger partial charge in [0.1, 0.15) is 6.04 Å². The molecule has 1 N–H and O–H groups in total. The number of halogens is 1. The molecule has 0 aliphatic carbocycles. The fourth-order valence-corrected chi connectivity index (χ4v) is 8.26. The number of carbonyl (C=O) groups is 3. The molecule has 34 heavy (non-hydrogen) atoms. The molecule has 4 aliphatic rings. The largest absolute Gasteiger partial charge is 0.396 e. The Morgan fingerprint density at radius 1 is 1.03 bits per heavy atom. The minimum atomic E-state index is -0.873. The second kappa shape index (κ2) is 8.43. The van der Waals surface area contributed by atoms with Crippen molar-refractivity contribution in [2.75, 3.05) is 38.2 Å². The van der Waals surface area contributed by atoms with Gasteiger partial charge in [0.25, 0.3) is 5.91 Å². The fourth-order valence-electron chi connectivity index (χ4n) is 5.98. The van der Waals surface area contributed by atoms with E-state index < -0.39 is 27.4 Å². The van der Waals surface area contributed by atoms with Crippen molar-refractivity contribution in [3.8, 4) is 0 Å². The molecule has 5 atom stereocenters. The monoisotopic (exact) mass is 501 g/mol. The zero-order chi connectivity index (χ0) is 24.3. The van der Waals surface area contributed by atoms with Gasteiger partial charge in [-0.2, -0.15) is 0 Å². The number of nitrogens with zero attached hydrogens (tertiary/aromatic N) is 3. The molecule has 4 heterocycles. The summed E-state index contributed by atoms with van der Waals surface area (Å²) in [6.45, 7) is 3.04. The van der Waals surface area contributed by atoms with Gasteiger partial charge in [-0.1, -0.05) is 35.9 Å². The lowest BCUT2D eigenvalue weighted by Crippen LogP contribution is -2.53. The molecule has 0 radical (unpaired) electrons. The first-order valence-electron chi connectivity index (χ1n) is 11.5. The summed E-state index contributed by atoms with van der Waals surface area (Å²) in [6, 6.07) is 6.30. The Labute approximate surface area is 208 Å². The number of likely N-dealkylation sites (N-methyl/N-ethyl adjacent to an activating group) is 1. The fraction of sp³-hybridized carbons (Fsp3) is 0.480. The average molecular weight is 502 g/mol. The van der Waals surface area contributed by atoms with E-state index in [0.29, 0.717) is 30.2 Å². The highest BCUT2D eigenvalue weighted by molar-refractivity contribution is 8.02. The summed E-state index contributed by atoms with van der Waals surface area (Å²) in [5, 5.41) is 10.1. The third-order valence-corrected chi connectivity index (χ3v) is 9.50. The Morgan fingerprint density at radius 3 is 2.44 bits per heavy atom. The smallest absolute Gasteiger partial charge is 0.251 e. The molecular formula is C25H28ClN3O4S. The molecule has 0 bridgehead atoms. The summed E-state index contributed by atoms with van der Waals surface area (Å²) in [6.07, 6.45) is 8.33. The van der Waals surface area contributed by atoms with E-state index in [1.807, 2.05) is 31.2 Å². The van der Waals surface area contributed by atoms with Crippen LogP contribution in [0.5, 0.6) is 0 Å². The van der Waals surface area contributed by atoms with Crippen LogP contribution in [0.1, 0.15) is 13.3 Å². The topological polar surface area (TPSA) is 81.2 Å². The van der Waals surface area contributed by atoms with Crippen molar-refractivity contribution in [2.45, 2.75) is 28.9 Å². The van der Waals surface area contributed by atoms with Crippen molar-refractivity contribution in [3.05, 3.63) is 53.6 Å². The van der Waals surface area contributed by atoms with Gasteiger partial charge < -0.3 is 19.8 Å². The molecule has 2 saturated heterocycles. The number of amides is 3. The molecule has 9 heteroatoms. The summed E-state index contributed by atoms with van der Waals surface area (Å²) >= 11 is 7.63. The molecule has 3 amide bonds. The maximum absolute atomic E-state index is 14.2. The highest BCUT2D eigenvalue weighted by atomic mass is 35.5. The Kier molecular flexibility index (Phi) is 5.81. The van der Waals surface area contributed by atoms with Crippen molar-refractivity contribution in [3.63, 3.8) is 0 Å². The van der Waals surface area contributed by atoms with Crippen molar-refractivity contribution >= 4 is 46.8 Å². The van der Waals surface area contributed by atoms with E-state index in [-0.39, 0.29) is 30.9 Å². The molecule has 1 unspecified atom stereocenters. The number of carbonyl (C=O) groups excluding carboxylic acids is 3. The number of thioether (sulfide) groups is 1. The number of rotatable bonds is 4. The summed E-state index contributed by atoms with van der Waals surface area (Å²) in [7, 11) is 1.75. The van der Waals surface area contributed by atoms with Crippen LogP contribution < -0.4 is 4.90 Å². The number of hydrogen-bond acceptors (Lipinski definition) is 5. The normalized spacial score (nSPS) is 34.8. The number of aliphatic hydroxyl groups is 1. The molecule has 5 rings (SSSR count). The van der Waals surface area contributed by atoms with E-state index in [2.05, 4.69) is 0 Å². The van der Waals surface area contributed by atoms with E-state index in [1.54, 1.807) is 57.8 Å². The quantitative estimate of drug-likeness (QED) is 0.640. The predicted molar refractivity (Wildman–Crippen MR) is 133 cm³/mol. The van der Waals surface area contributed by atoms with E-state index in [4.69, 9.17) is 11.6 Å². The SMILES string of the molecule is CN1CC=C[C@]2(C)S[C@]34C=CCN(c5ccc(Cl)cc5)C(=O)C3N(CCCO)C(=O)[C@@H]4[C@@H]2C1=O. The lowest BCUT2D eigenvalue weighted by Gasteiger charge is -2.36. The van der Waals surface area contributed by atoms with Gasteiger partial charge in [-0.3, -0.25) is 14.4 Å². The second-order valence-corrected chi connectivity index (χ2v) is 11.8. The van der Waals surface area contributed by atoms with Crippen molar-refractivity contribution in [2.24, 2.45) is 11.8 Å². The van der Waals surface area contributed by atoms with E-state index in [9.17, 15) is 19.5 Å². The minimum absolute atomic E-state index is 0.0716. The van der Waals surface area contributed by atoms with Crippen LogP contribution >= 0.6 is 23.4 Å². The third kappa shape index (κ3) is 3.33. The lowest BCUT2D eigenvalue weighted by atomic mass is 9.74. The first-order valence-corrected chi connectivity index (χ1v) is 12.7. The van der Waals surface area contributed by atoms with Gasteiger partial charge in [0.15, 0.2) is 0 Å². The number of likely N-dealkylation sites (tertiary alicyclic amines) is 1. The standard InChI is InChI=1S/C25H28ClN3O4S/c1-24-10-3-12-27(2)21(31)18(24)19-22(32)29(14-5-15-30)20-23(33)28(13-4-11-25(19,20)34-24)17-8-6-16(26)7-9-17/h3-4,6-11,18-20,30H,5,12-15H2,1-2H3/t18-,19+,20?,24+,25+/m1/s1. The molecule has 2 fully saturated rings. The van der Waals surface area contributed by atoms with Gasteiger partial charge in [-0.25, -0.2) is 0 Å². The predicted octanol–water partition coefficient (Wildman–Crippen LogP) is 2.34. The van der Waals surface area contributed by atoms with Crippen LogP contribution in [0, 0.1) is 11.8 Å². The van der Waals surface area contributed by atoms with Gasteiger partial charge in [0.2, 0.25) is 11.8 Å². The summed E-state index contributed by atoms with van der Waals surface area (Å²) < 4.78 is -1.48. The van der Waals surface area contributed by atoms with Gasteiger partial charge >= 0.3 is 0 Å². The molecule has 7 nitrogen and oxygen atoms in total. The molecule has 1 aromatic rings. The van der Waals surface area contributed by atoms with Crippen molar-refractivity contribution in [1.82, 2.24) is 9.80 Å². The number of fused-ring (bicyclic) bond motifs is 2. The number of benzene rings is 1. The Balaban J connectivity index is 1.64. The minimum Gasteiger partial charge on any atom is -0.396 e. The molecular weight excluding hydrogens is 474 g/mol. The highest BCUT2D eigenvalue weighted by Gasteiger charge is 2.73. The zero-order valence-electron chi connectivity index (χ0n) is 19.2. The molecule has 0 aromatic heterocycles.